The predicted molar refractivity (Wildman–Crippen MR) is 122 cm³/mol. The van der Waals surface area contributed by atoms with Gasteiger partial charge in [0, 0.05) is 18.9 Å². The number of carbonyl (C=O) groups excluding carboxylic acids is 1. The molecule has 0 aromatic heterocycles. The summed E-state index contributed by atoms with van der Waals surface area (Å²) >= 11 is 5.32. The smallest absolute Gasteiger partial charge is 0.303 e. The minimum absolute atomic E-state index is 0.0170. The van der Waals surface area contributed by atoms with E-state index in [1.165, 1.54) is 19.3 Å². The Hall–Kier alpha value is -1.47. The molecule has 170 valence electrons. The third kappa shape index (κ3) is 8.72. The summed E-state index contributed by atoms with van der Waals surface area (Å²) < 4.78 is 6.10. The largest absolute Gasteiger partial charge is 0.481 e. The second kappa shape index (κ2) is 13.8. The quantitative estimate of drug-likeness (QED) is 0.204. The lowest BCUT2D eigenvalue weighted by Crippen LogP contribution is -2.42. The molecule has 1 unspecified atom stereocenters. The molecule has 0 spiro atoms. The van der Waals surface area contributed by atoms with Crippen molar-refractivity contribution in [3.05, 3.63) is 12.2 Å². The van der Waals surface area contributed by atoms with Gasteiger partial charge in [-0.25, -0.2) is 0 Å². The molecule has 4 atom stereocenters. The normalized spacial score (nSPS) is 25.0. The molecule has 7 heteroatoms. The summed E-state index contributed by atoms with van der Waals surface area (Å²) in [5.41, 5.74) is 0. The number of fused-ring (bicyclic) bond motifs is 2. The van der Waals surface area contributed by atoms with E-state index in [0.29, 0.717) is 24.8 Å². The van der Waals surface area contributed by atoms with Gasteiger partial charge < -0.3 is 20.5 Å². The summed E-state index contributed by atoms with van der Waals surface area (Å²) in [5.74, 6) is 0.00818. The van der Waals surface area contributed by atoms with Gasteiger partial charge in [-0.15, -0.1) is 0 Å². The molecular weight excluding hydrogens is 400 g/mol. The van der Waals surface area contributed by atoms with Crippen molar-refractivity contribution in [3.63, 3.8) is 0 Å². The summed E-state index contributed by atoms with van der Waals surface area (Å²) in [4.78, 5) is 23.6. The van der Waals surface area contributed by atoms with Crippen LogP contribution in [0.4, 0.5) is 0 Å². The molecule has 3 N–H and O–H groups in total. The fourth-order valence-electron chi connectivity index (χ4n) is 4.50. The van der Waals surface area contributed by atoms with Crippen LogP contribution in [0.3, 0.4) is 0 Å². The Labute approximate surface area is 186 Å². The van der Waals surface area contributed by atoms with E-state index in [9.17, 15) is 9.59 Å². The lowest BCUT2D eigenvalue weighted by molar-refractivity contribution is -0.137. The number of amides is 1. The first-order valence-corrected chi connectivity index (χ1v) is 12.0. The first-order valence-electron chi connectivity index (χ1n) is 11.6. The average molecular weight is 439 g/mol. The highest BCUT2D eigenvalue weighted by Crippen LogP contribution is 2.44. The molecule has 2 fully saturated rings. The van der Waals surface area contributed by atoms with Gasteiger partial charge in [-0.1, -0.05) is 50.6 Å². The van der Waals surface area contributed by atoms with Crippen LogP contribution in [-0.2, 0) is 14.3 Å². The fourth-order valence-corrected chi connectivity index (χ4v) is 4.71. The second-order valence-electron chi connectivity index (χ2n) is 8.50. The molecule has 2 bridgehead atoms. The van der Waals surface area contributed by atoms with Crippen LogP contribution in [0.2, 0.25) is 0 Å². The van der Waals surface area contributed by atoms with E-state index < -0.39 is 5.97 Å². The van der Waals surface area contributed by atoms with E-state index in [2.05, 4.69) is 29.7 Å². The molecule has 0 radical (unpaired) electrons. The van der Waals surface area contributed by atoms with Crippen molar-refractivity contribution in [3.8, 4) is 0 Å². The van der Waals surface area contributed by atoms with E-state index in [0.717, 1.165) is 43.5 Å². The molecule has 2 aliphatic rings. The van der Waals surface area contributed by atoms with Gasteiger partial charge in [-0.2, -0.15) is 0 Å². The Balaban J connectivity index is 1.66. The van der Waals surface area contributed by atoms with Crippen LogP contribution in [0.5, 0.6) is 0 Å². The summed E-state index contributed by atoms with van der Waals surface area (Å²) in [5, 5.41) is 14.8. The zero-order chi connectivity index (χ0) is 21.8. The number of thiocarbonyl (C=S) groups is 1. The van der Waals surface area contributed by atoms with Gasteiger partial charge in [-0.05, 0) is 50.9 Å². The summed E-state index contributed by atoms with van der Waals surface area (Å²) in [6.45, 7) is 3.07. The Kier molecular flexibility index (Phi) is 11.4. The number of rotatable bonds is 15. The van der Waals surface area contributed by atoms with Crippen LogP contribution >= 0.6 is 12.2 Å². The molecule has 1 amide bonds. The number of carboxylic acid groups (broad SMARTS) is 1. The molecule has 2 rings (SSSR count). The Bertz CT molecular complexity index is 596. The number of ether oxygens (including phenoxy) is 1. The number of carboxylic acids is 1. The molecule has 30 heavy (non-hydrogen) atoms. The number of allylic oxidation sites excluding steroid dienone is 2. The van der Waals surface area contributed by atoms with Gasteiger partial charge in [0.2, 0.25) is 5.91 Å². The zero-order valence-electron chi connectivity index (χ0n) is 18.2. The van der Waals surface area contributed by atoms with E-state index in [1.807, 2.05) is 0 Å². The second-order valence-corrected chi connectivity index (χ2v) is 9.00. The standard InChI is InChI=1S/C23H38N2O4S/c1-2-3-4-8-11-22(30)25-16-21(26)24-15-18-17(19-13-14-20(18)29-19)10-7-5-6-9-12-23(27)28/h5,7,17-20H,2-4,6,8-16H2,1H3,(H,24,26)(H,25,30)(H,27,28)/b7-5-/t17-,18?,19-,20+/m1/s1. The SMILES string of the molecule is CCCCCCC(=S)NCC(=O)NCC1[C@@H]2CC[C@@H](O2)[C@@H]1C/C=C\CCCC(=O)O. The maximum atomic E-state index is 12.2. The van der Waals surface area contributed by atoms with Crippen molar-refractivity contribution in [1.82, 2.24) is 10.6 Å². The molecule has 0 aliphatic carbocycles. The lowest BCUT2D eigenvalue weighted by atomic mass is 9.77. The van der Waals surface area contributed by atoms with Crippen LogP contribution < -0.4 is 10.6 Å². The third-order valence-corrected chi connectivity index (χ3v) is 6.51. The number of hydrogen-bond donors (Lipinski definition) is 3. The van der Waals surface area contributed by atoms with Crippen molar-refractivity contribution in [1.29, 1.82) is 0 Å². The monoisotopic (exact) mass is 438 g/mol. The summed E-state index contributed by atoms with van der Waals surface area (Å²) in [7, 11) is 0. The Morgan fingerprint density at radius 1 is 1.03 bits per heavy atom. The first-order chi connectivity index (χ1) is 14.5. The topological polar surface area (TPSA) is 87.7 Å². The molecule has 0 aromatic rings. The van der Waals surface area contributed by atoms with Crippen LogP contribution in [0.1, 0.15) is 77.6 Å². The fraction of sp³-hybridized carbons (Fsp3) is 0.783. The molecule has 0 aromatic carbocycles. The van der Waals surface area contributed by atoms with E-state index in [-0.39, 0.29) is 31.1 Å². The van der Waals surface area contributed by atoms with Gasteiger partial charge >= 0.3 is 5.97 Å². The van der Waals surface area contributed by atoms with E-state index >= 15 is 0 Å². The van der Waals surface area contributed by atoms with Crippen molar-refractivity contribution in [2.24, 2.45) is 11.8 Å². The highest BCUT2D eigenvalue weighted by atomic mass is 32.1. The van der Waals surface area contributed by atoms with Crippen molar-refractivity contribution < 1.29 is 19.4 Å². The van der Waals surface area contributed by atoms with Crippen LogP contribution in [0, 0.1) is 11.8 Å². The number of unbranched alkanes of at least 4 members (excludes halogenated alkanes) is 4. The number of nitrogens with one attached hydrogen (secondary N) is 2. The molecule has 2 aliphatic heterocycles. The summed E-state index contributed by atoms with van der Waals surface area (Å²) in [6, 6.07) is 0. The number of hydrogen-bond acceptors (Lipinski definition) is 4. The maximum Gasteiger partial charge on any atom is 0.303 e. The lowest BCUT2D eigenvalue weighted by Gasteiger charge is -2.27. The Morgan fingerprint density at radius 3 is 2.53 bits per heavy atom. The molecular formula is C23H38N2O4S. The molecule has 6 nitrogen and oxygen atoms in total. The minimum Gasteiger partial charge on any atom is -0.481 e. The van der Waals surface area contributed by atoms with Crippen LogP contribution in [-0.4, -0.2) is 47.3 Å². The molecule has 2 heterocycles. The van der Waals surface area contributed by atoms with Gasteiger partial charge in [0.05, 0.1) is 23.7 Å². The Morgan fingerprint density at radius 2 is 1.80 bits per heavy atom. The predicted octanol–water partition coefficient (Wildman–Crippen LogP) is 3.98. The van der Waals surface area contributed by atoms with Crippen molar-refractivity contribution >= 4 is 29.1 Å². The third-order valence-electron chi connectivity index (χ3n) is 6.17. The summed E-state index contributed by atoms with van der Waals surface area (Å²) in [6.07, 6.45) is 15.1. The number of carbonyl (C=O) groups is 2. The highest BCUT2D eigenvalue weighted by molar-refractivity contribution is 7.80. The number of aliphatic carboxylic acids is 1. The zero-order valence-corrected chi connectivity index (χ0v) is 19.1. The minimum atomic E-state index is -0.743. The molecule has 2 saturated heterocycles. The average Bonchev–Trinajstić information content (AvgIpc) is 3.32. The van der Waals surface area contributed by atoms with Gasteiger partial charge in [0.15, 0.2) is 0 Å². The van der Waals surface area contributed by atoms with E-state index in [1.54, 1.807) is 0 Å². The molecule has 0 saturated carbocycles. The van der Waals surface area contributed by atoms with Gasteiger partial charge in [0.25, 0.3) is 0 Å². The van der Waals surface area contributed by atoms with Crippen LogP contribution in [0.15, 0.2) is 12.2 Å². The van der Waals surface area contributed by atoms with Gasteiger partial charge in [-0.3, -0.25) is 9.59 Å². The first kappa shape index (κ1) is 24.8. The van der Waals surface area contributed by atoms with Crippen molar-refractivity contribution in [2.75, 3.05) is 13.1 Å². The highest BCUT2D eigenvalue weighted by Gasteiger charge is 2.47. The van der Waals surface area contributed by atoms with Crippen molar-refractivity contribution in [2.45, 2.75) is 89.8 Å². The van der Waals surface area contributed by atoms with E-state index in [4.69, 9.17) is 22.1 Å². The van der Waals surface area contributed by atoms with Gasteiger partial charge in [0.1, 0.15) is 0 Å². The van der Waals surface area contributed by atoms with Crippen LogP contribution in [0.25, 0.3) is 0 Å². The maximum absolute atomic E-state index is 12.2.